The molecule has 4 nitrogen and oxygen atoms in total. The van der Waals surface area contributed by atoms with Crippen molar-refractivity contribution < 1.29 is 5.43 Å². The number of aromatic nitrogens is 1. The summed E-state index contributed by atoms with van der Waals surface area (Å²) in [6.07, 6.45) is 5.26. The third-order valence-corrected chi connectivity index (χ3v) is 5.74. The molecule has 0 aliphatic heterocycles. The van der Waals surface area contributed by atoms with Gasteiger partial charge >= 0.3 is 0 Å². The van der Waals surface area contributed by atoms with Crippen molar-refractivity contribution in [3.63, 3.8) is 0 Å². The molecule has 30 heavy (non-hydrogen) atoms. The van der Waals surface area contributed by atoms with Crippen molar-refractivity contribution in [3.8, 4) is 0 Å². The van der Waals surface area contributed by atoms with Crippen LogP contribution < -0.4 is 5.43 Å². The van der Waals surface area contributed by atoms with Gasteiger partial charge in [0.15, 0.2) is 5.71 Å². The Balaban J connectivity index is 1.80. The Kier molecular flexibility index (Phi) is 7.08. The zero-order chi connectivity index (χ0) is 21.6. The first kappa shape index (κ1) is 21.8. The molecule has 0 bridgehead atoms. The van der Waals surface area contributed by atoms with Crippen LogP contribution in [0.1, 0.15) is 47.7 Å². The lowest BCUT2D eigenvalue weighted by Crippen LogP contribution is -2.73. The molecule has 0 amide bonds. The summed E-state index contributed by atoms with van der Waals surface area (Å²) in [5.41, 5.74) is 6.89. The fourth-order valence-corrected chi connectivity index (χ4v) is 4.02. The molecule has 5 heteroatoms. The second kappa shape index (κ2) is 9.74. The smallest absolute Gasteiger partial charge is 0.151 e. The predicted molar refractivity (Wildman–Crippen MR) is 128 cm³/mol. The van der Waals surface area contributed by atoms with Crippen LogP contribution in [0, 0.1) is 12.3 Å². The molecule has 1 aromatic heterocycles. The molecular formula is C25H29N4S+. The molecule has 3 N–H and O–H groups in total. The van der Waals surface area contributed by atoms with E-state index in [9.17, 15) is 0 Å². The summed E-state index contributed by atoms with van der Waals surface area (Å²) in [5, 5.41) is 16.4. The molecule has 0 spiro atoms. The van der Waals surface area contributed by atoms with Crippen molar-refractivity contribution >= 4 is 28.8 Å². The largest absolute Gasteiger partial charge is 0.298 e. The van der Waals surface area contributed by atoms with Gasteiger partial charge in [0.1, 0.15) is 0 Å². The van der Waals surface area contributed by atoms with E-state index in [4.69, 9.17) is 5.41 Å². The van der Waals surface area contributed by atoms with Crippen molar-refractivity contribution in [2.24, 2.45) is 5.10 Å². The summed E-state index contributed by atoms with van der Waals surface area (Å²) < 4.78 is 0. The summed E-state index contributed by atoms with van der Waals surface area (Å²) in [7, 11) is 1.88. The van der Waals surface area contributed by atoms with E-state index in [0.29, 0.717) is 11.4 Å². The Hall–Kier alpha value is -2.89. The number of allylic oxidation sites excluding steroid dienone is 1. The van der Waals surface area contributed by atoms with Crippen LogP contribution in [0.2, 0.25) is 0 Å². The predicted octanol–water partition coefficient (Wildman–Crippen LogP) is 4.80. The molecule has 0 aliphatic carbocycles. The van der Waals surface area contributed by atoms with E-state index in [0.717, 1.165) is 33.8 Å². The third kappa shape index (κ3) is 5.38. The number of hydrogen-bond acceptors (Lipinski definition) is 4. The maximum absolute atomic E-state index is 8.64. The van der Waals surface area contributed by atoms with Gasteiger partial charge in [-0.05, 0) is 25.0 Å². The number of thiazole rings is 1. The lowest BCUT2D eigenvalue weighted by molar-refractivity contribution is -0.633. The Morgan fingerprint density at radius 1 is 1.13 bits per heavy atom. The molecule has 0 saturated heterocycles. The Labute approximate surface area is 182 Å². The Morgan fingerprint density at radius 3 is 2.53 bits per heavy atom. The lowest BCUT2D eigenvalue weighted by atomic mass is 9.86. The van der Waals surface area contributed by atoms with Gasteiger partial charge in [0, 0.05) is 21.9 Å². The van der Waals surface area contributed by atoms with Gasteiger partial charge in [-0.2, -0.15) is 0 Å². The first-order chi connectivity index (χ1) is 14.4. The lowest BCUT2D eigenvalue weighted by Gasteiger charge is -2.20. The van der Waals surface area contributed by atoms with Crippen LogP contribution in [0.15, 0.2) is 71.2 Å². The topological polar surface area (TPSA) is 65.7 Å². The van der Waals surface area contributed by atoms with Crippen LogP contribution in [0.3, 0.4) is 0 Å². The first-order valence-corrected chi connectivity index (χ1v) is 11.0. The molecule has 0 saturated carbocycles. The van der Waals surface area contributed by atoms with Gasteiger partial charge in [-0.3, -0.25) is 5.41 Å². The number of quaternary nitrogens is 1. The van der Waals surface area contributed by atoms with Gasteiger partial charge in [0.05, 0.1) is 23.5 Å². The summed E-state index contributed by atoms with van der Waals surface area (Å²) in [6.45, 7) is 6.50. The number of rotatable bonds is 8. The van der Waals surface area contributed by atoms with Crippen molar-refractivity contribution in [1.29, 1.82) is 5.41 Å². The van der Waals surface area contributed by atoms with Crippen LogP contribution in [0.25, 0.3) is 6.08 Å². The third-order valence-electron chi connectivity index (χ3n) is 4.97. The highest BCUT2D eigenvalue weighted by molar-refractivity contribution is 7.09. The summed E-state index contributed by atoms with van der Waals surface area (Å²) >= 11 is 1.70. The maximum Gasteiger partial charge on any atom is 0.151 e. The number of nitrogens with one attached hydrogen (secondary N) is 1. The van der Waals surface area contributed by atoms with Crippen LogP contribution in [0.5, 0.6) is 0 Å². The highest BCUT2D eigenvalue weighted by atomic mass is 32.1. The summed E-state index contributed by atoms with van der Waals surface area (Å²) in [5.74, 6) is 0. The zero-order valence-electron chi connectivity index (χ0n) is 18.0. The van der Waals surface area contributed by atoms with Crippen LogP contribution in [0.4, 0.5) is 0 Å². The Bertz CT molecular complexity index is 1060. The quantitative estimate of drug-likeness (QED) is 0.309. The minimum atomic E-state index is -0.00189. The van der Waals surface area contributed by atoms with Crippen molar-refractivity contribution in [3.05, 3.63) is 93.4 Å². The van der Waals surface area contributed by atoms with Gasteiger partial charge in [0.25, 0.3) is 0 Å². The maximum atomic E-state index is 8.64. The van der Waals surface area contributed by atoms with Crippen LogP contribution in [-0.4, -0.2) is 23.5 Å². The number of hydrogen-bond donors (Lipinski definition) is 2. The molecule has 3 rings (SSSR count). The molecule has 2 aromatic carbocycles. The second-order valence-electron chi connectivity index (χ2n) is 7.84. The van der Waals surface area contributed by atoms with E-state index in [-0.39, 0.29) is 5.41 Å². The van der Waals surface area contributed by atoms with Gasteiger partial charge in [0.2, 0.25) is 0 Å². The van der Waals surface area contributed by atoms with E-state index in [1.165, 1.54) is 0 Å². The van der Waals surface area contributed by atoms with E-state index in [1.54, 1.807) is 16.8 Å². The average molecular weight is 418 g/mol. The fourth-order valence-electron chi connectivity index (χ4n) is 3.21. The van der Waals surface area contributed by atoms with E-state index >= 15 is 0 Å². The van der Waals surface area contributed by atoms with Crippen molar-refractivity contribution in [2.45, 2.75) is 32.6 Å². The highest BCUT2D eigenvalue weighted by Crippen LogP contribution is 2.28. The van der Waals surface area contributed by atoms with Crippen LogP contribution >= 0.6 is 11.3 Å². The molecule has 0 fully saturated rings. The minimum Gasteiger partial charge on any atom is -0.298 e. The summed E-state index contributed by atoms with van der Waals surface area (Å²) in [6, 6.07) is 17.9. The molecule has 0 radical (unpaired) electrons. The van der Waals surface area contributed by atoms with Gasteiger partial charge in [-0.25, -0.2) is 10.4 Å². The minimum absolute atomic E-state index is 0.00189. The highest BCUT2D eigenvalue weighted by Gasteiger charge is 2.21. The number of aryl methyl sites for hydroxylation is 1. The second-order valence-corrected chi connectivity index (χ2v) is 8.91. The van der Waals surface area contributed by atoms with Gasteiger partial charge in [-0.15, -0.1) is 11.3 Å². The van der Waals surface area contributed by atoms with E-state index in [1.807, 2.05) is 56.4 Å². The van der Waals surface area contributed by atoms with Gasteiger partial charge < -0.3 is 0 Å². The molecule has 1 heterocycles. The van der Waals surface area contributed by atoms with Gasteiger partial charge in [-0.1, -0.05) is 79.6 Å². The molecule has 0 atom stereocenters. The monoisotopic (exact) mass is 417 g/mol. The normalized spacial score (nSPS) is 12.5. The SMILES string of the molecule is C[NH2+]/N=C(\C(=N)c1ccccc1)c1cccc(/C=C/CC(C)(C)c2csc(C)n2)c1. The number of nitrogens with two attached hydrogens (primary N) is 1. The van der Waals surface area contributed by atoms with E-state index in [2.05, 4.69) is 53.6 Å². The van der Waals surface area contributed by atoms with Crippen molar-refractivity contribution in [2.75, 3.05) is 7.05 Å². The number of nitrogens with zero attached hydrogens (tertiary/aromatic N) is 2. The molecule has 0 aliphatic rings. The molecule has 0 unspecified atom stereocenters. The Morgan fingerprint density at radius 2 is 1.87 bits per heavy atom. The molecular weight excluding hydrogens is 388 g/mol. The molecule has 154 valence electrons. The first-order valence-electron chi connectivity index (χ1n) is 10.1. The number of benzene rings is 2. The average Bonchev–Trinajstić information content (AvgIpc) is 3.20. The standard InChI is InChI=1S/C25H28N4S/c1-18-28-22(17-30-18)25(2,3)15-9-11-19-10-8-14-21(16-19)24(29-27-4)23(26)20-12-6-5-7-13-20/h5-14,16-17,26-27H,15H2,1-4H3/p+1/b11-9+,26-23?,29-24-. The van der Waals surface area contributed by atoms with Crippen molar-refractivity contribution in [1.82, 2.24) is 4.98 Å². The summed E-state index contributed by atoms with van der Waals surface area (Å²) in [4.78, 5) is 4.66. The molecule has 3 aromatic rings. The zero-order valence-corrected chi connectivity index (χ0v) is 18.8. The van der Waals surface area contributed by atoms with Crippen LogP contribution in [-0.2, 0) is 5.41 Å². The fraction of sp³-hybridized carbons (Fsp3) is 0.240. The van der Waals surface area contributed by atoms with E-state index < -0.39 is 0 Å².